The highest BCUT2D eigenvalue weighted by Crippen LogP contribution is 2.22. The Kier molecular flexibility index (Phi) is 4.24. The van der Waals surface area contributed by atoms with Crippen LogP contribution in [0, 0.1) is 0 Å². The van der Waals surface area contributed by atoms with Crippen molar-refractivity contribution in [3.8, 4) is 5.75 Å². The van der Waals surface area contributed by atoms with Crippen LogP contribution < -0.4 is 9.84 Å². The van der Waals surface area contributed by atoms with Gasteiger partial charge >= 0.3 is 0 Å². The van der Waals surface area contributed by atoms with Crippen molar-refractivity contribution >= 4 is 28.5 Å². The summed E-state index contributed by atoms with van der Waals surface area (Å²) in [5.41, 5.74) is 0. The first-order valence-corrected chi connectivity index (χ1v) is 7.46. The Balaban J connectivity index is 1.62. The van der Waals surface area contributed by atoms with Crippen LogP contribution in [-0.2, 0) is 11.4 Å². The first-order chi connectivity index (χ1) is 10.7. The SMILES string of the molecule is O=C([O-])CSc1nnc(COc2ccc3ccccc3c2)o1. The Morgan fingerprint density at radius 1 is 1.18 bits per heavy atom. The maximum Gasteiger partial charge on any atom is 0.277 e. The fourth-order valence-electron chi connectivity index (χ4n) is 1.88. The largest absolute Gasteiger partial charge is 0.549 e. The van der Waals surface area contributed by atoms with Crippen molar-refractivity contribution in [2.24, 2.45) is 0 Å². The molecule has 0 aliphatic heterocycles. The predicted octanol–water partition coefficient (Wildman–Crippen LogP) is 1.64. The maximum atomic E-state index is 10.4. The normalized spacial score (nSPS) is 10.7. The van der Waals surface area contributed by atoms with Crippen LogP contribution in [0.25, 0.3) is 10.8 Å². The lowest BCUT2D eigenvalue weighted by Gasteiger charge is -2.04. The summed E-state index contributed by atoms with van der Waals surface area (Å²) in [6, 6.07) is 13.7. The second-order valence-corrected chi connectivity index (χ2v) is 5.35. The fraction of sp³-hybridized carbons (Fsp3) is 0.133. The van der Waals surface area contributed by atoms with Gasteiger partial charge in [-0.15, -0.1) is 10.2 Å². The Labute approximate surface area is 130 Å². The van der Waals surface area contributed by atoms with Crippen LogP contribution in [-0.4, -0.2) is 21.9 Å². The first-order valence-electron chi connectivity index (χ1n) is 6.47. The Morgan fingerprint density at radius 3 is 2.82 bits per heavy atom. The van der Waals surface area contributed by atoms with Crippen molar-refractivity contribution < 1.29 is 19.1 Å². The van der Waals surface area contributed by atoms with E-state index in [4.69, 9.17) is 9.15 Å². The number of ether oxygens (including phenoxy) is 1. The third-order valence-corrected chi connectivity index (χ3v) is 3.64. The molecule has 1 aromatic heterocycles. The number of benzene rings is 2. The Morgan fingerprint density at radius 2 is 2.00 bits per heavy atom. The summed E-state index contributed by atoms with van der Waals surface area (Å²) < 4.78 is 10.9. The predicted molar refractivity (Wildman–Crippen MR) is 78.3 cm³/mol. The van der Waals surface area contributed by atoms with Gasteiger partial charge in [-0.25, -0.2) is 0 Å². The molecule has 7 heteroatoms. The Hall–Kier alpha value is -2.54. The van der Waals surface area contributed by atoms with Crippen molar-refractivity contribution in [3.63, 3.8) is 0 Å². The van der Waals surface area contributed by atoms with E-state index in [2.05, 4.69) is 10.2 Å². The molecular formula is C15H11N2O4S-. The number of aliphatic carboxylic acids is 1. The summed E-state index contributed by atoms with van der Waals surface area (Å²) in [7, 11) is 0. The van der Waals surface area contributed by atoms with Gasteiger partial charge in [0.25, 0.3) is 11.1 Å². The molecule has 0 radical (unpaired) electrons. The van der Waals surface area contributed by atoms with Crippen LogP contribution in [0.1, 0.15) is 5.89 Å². The van der Waals surface area contributed by atoms with E-state index >= 15 is 0 Å². The number of carboxylic acids is 1. The molecule has 6 nitrogen and oxygen atoms in total. The van der Waals surface area contributed by atoms with Crippen LogP contribution >= 0.6 is 11.8 Å². The number of hydrogen-bond acceptors (Lipinski definition) is 7. The molecule has 2 aromatic carbocycles. The van der Waals surface area contributed by atoms with Crippen molar-refractivity contribution in [1.29, 1.82) is 0 Å². The van der Waals surface area contributed by atoms with Crippen LogP contribution in [0.5, 0.6) is 5.75 Å². The van der Waals surface area contributed by atoms with Crippen molar-refractivity contribution in [2.45, 2.75) is 11.8 Å². The second kappa shape index (κ2) is 6.48. The van der Waals surface area contributed by atoms with E-state index in [0.29, 0.717) is 5.75 Å². The number of carbonyl (C=O) groups is 1. The fourth-order valence-corrected chi connectivity index (χ4v) is 2.37. The molecule has 3 rings (SSSR count). The number of hydrogen-bond donors (Lipinski definition) is 0. The minimum atomic E-state index is -1.18. The zero-order valence-electron chi connectivity index (χ0n) is 11.4. The summed E-state index contributed by atoms with van der Waals surface area (Å²) in [5, 5.41) is 20.3. The van der Waals surface area contributed by atoms with Crippen molar-refractivity contribution in [3.05, 3.63) is 48.4 Å². The van der Waals surface area contributed by atoms with Crippen LogP contribution in [0.2, 0.25) is 0 Å². The highest BCUT2D eigenvalue weighted by Gasteiger charge is 2.07. The molecule has 0 N–H and O–H groups in total. The van der Waals surface area contributed by atoms with Gasteiger partial charge < -0.3 is 19.1 Å². The number of fused-ring (bicyclic) bond motifs is 1. The molecule has 0 amide bonds. The van der Waals surface area contributed by atoms with Crippen LogP contribution in [0.3, 0.4) is 0 Å². The van der Waals surface area contributed by atoms with Crippen molar-refractivity contribution in [2.75, 3.05) is 5.75 Å². The zero-order valence-corrected chi connectivity index (χ0v) is 12.2. The molecule has 1 heterocycles. The summed E-state index contributed by atoms with van der Waals surface area (Å²) >= 11 is 0.915. The molecule has 0 atom stereocenters. The molecular weight excluding hydrogens is 304 g/mol. The van der Waals surface area contributed by atoms with E-state index in [-0.39, 0.29) is 23.5 Å². The maximum absolute atomic E-state index is 10.4. The van der Waals surface area contributed by atoms with E-state index in [1.807, 2.05) is 42.5 Å². The van der Waals surface area contributed by atoms with Gasteiger partial charge in [0, 0.05) is 5.75 Å². The molecule has 0 aliphatic rings. The van der Waals surface area contributed by atoms with E-state index in [0.717, 1.165) is 22.5 Å². The van der Waals surface area contributed by atoms with Crippen LogP contribution in [0.4, 0.5) is 0 Å². The number of nitrogens with zero attached hydrogens (tertiary/aromatic N) is 2. The molecule has 0 saturated carbocycles. The van der Waals surface area contributed by atoms with Crippen LogP contribution in [0.15, 0.2) is 52.1 Å². The van der Waals surface area contributed by atoms with Crippen molar-refractivity contribution in [1.82, 2.24) is 10.2 Å². The molecule has 112 valence electrons. The molecule has 0 spiro atoms. The molecule has 0 saturated heterocycles. The minimum Gasteiger partial charge on any atom is -0.549 e. The van der Waals surface area contributed by atoms with E-state index in [1.165, 1.54) is 0 Å². The Bertz CT molecular complexity index is 803. The highest BCUT2D eigenvalue weighted by atomic mass is 32.2. The summed E-state index contributed by atoms with van der Waals surface area (Å²) in [6.45, 7) is 0.122. The highest BCUT2D eigenvalue weighted by molar-refractivity contribution is 7.99. The van der Waals surface area contributed by atoms with Gasteiger partial charge in [0.1, 0.15) is 5.75 Å². The number of carboxylic acid groups (broad SMARTS) is 1. The van der Waals surface area contributed by atoms with E-state index in [1.54, 1.807) is 0 Å². The summed E-state index contributed by atoms with van der Waals surface area (Å²) in [6.07, 6.45) is 0. The standard InChI is InChI=1S/C15H12N2O4S/c18-14(19)9-22-15-17-16-13(21-15)8-20-12-6-5-10-3-1-2-4-11(10)7-12/h1-7H,8-9H2,(H,18,19)/p-1. The first kappa shape index (κ1) is 14.4. The molecule has 3 aromatic rings. The molecule has 0 fully saturated rings. The van der Waals surface area contributed by atoms with Gasteiger partial charge in [0.15, 0.2) is 6.61 Å². The molecule has 22 heavy (non-hydrogen) atoms. The quantitative estimate of drug-likeness (QED) is 0.639. The van der Waals surface area contributed by atoms with Gasteiger partial charge in [-0.3, -0.25) is 0 Å². The second-order valence-electron chi connectivity index (χ2n) is 4.42. The smallest absolute Gasteiger partial charge is 0.277 e. The average molecular weight is 315 g/mol. The monoisotopic (exact) mass is 315 g/mol. The van der Waals surface area contributed by atoms with Gasteiger partial charge in [-0.2, -0.15) is 0 Å². The number of carbonyl (C=O) groups excluding carboxylic acids is 1. The number of rotatable bonds is 6. The lowest BCUT2D eigenvalue weighted by Crippen LogP contribution is -2.24. The summed E-state index contributed by atoms with van der Waals surface area (Å²) in [4.78, 5) is 10.4. The third kappa shape index (κ3) is 3.56. The third-order valence-electron chi connectivity index (χ3n) is 2.85. The number of aromatic nitrogens is 2. The lowest BCUT2D eigenvalue weighted by atomic mass is 10.1. The van der Waals surface area contributed by atoms with E-state index < -0.39 is 5.97 Å². The van der Waals surface area contributed by atoms with Gasteiger partial charge in [-0.05, 0) is 22.9 Å². The van der Waals surface area contributed by atoms with Gasteiger partial charge in [-0.1, -0.05) is 42.1 Å². The number of thioether (sulfide) groups is 1. The molecule has 0 unspecified atom stereocenters. The summed E-state index contributed by atoms with van der Waals surface area (Å²) in [5.74, 6) is -0.431. The minimum absolute atomic E-state index is 0.122. The zero-order chi connectivity index (χ0) is 15.4. The topological polar surface area (TPSA) is 88.3 Å². The molecule has 0 aliphatic carbocycles. The van der Waals surface area contributed by atoms with Gasteiger partial charge in [0.2, 0.25) is 0 Å². The van der Waals surface area contributed by atoms with Gasteiger partial charge in [0.05, 0.1) is 5.97 Å². The lowest BCUT2D eigenvalue weighted by molar-refractivity contribution is -0.301. The molecule has 0 bridgehead atoms. The average Bonchev–Trinajstić information content (AvgIpc) is 2.99. The van der Waals surface area contributed by atoms with E-state index in [9.17, 15) is 9.90 Å².